The minimum absolute atomic E-state index is 0.362. The highest BCUT2D eigenvalue weighted by Crippen LogP contribution is 2.48. The molecule has 3 heteroatoms. The Kier molecular flexibility index (Phi) is 2.89. The first-order valence-electron chi connectivity index (χ1n) is 7.18. The number of amides is 1. The first kappa shape index (κ1) is 11.5. The van der Waals surface area contributed by atoms with Gasteiger partial charge in [0.2, 0.25) is 5.91 Å². The third-order valence-corrected chi connectivity index (χ3v) is 4.87. The Morgan fingerprint density at radius 1 is 1.24 bits per heavy atom. The van der Waals surface area contributed by atoms with Gasteiger partial charge in [-0.1, -0.05) is 13.3 Å². The zero-order valence-corrected chi connectivity index (χ0v) is 11.0. The Morgan fingerprint density at radius 3 is 2.82 bits per heavy atom. The van der Waals surface area contributed by atoms with Crippen LogP contribution in [0.15, 0.2) is 0 Å². The van der Waals surface area contributed by atoms with Crippen molar-refractivity contribution >= 4 is 5.91 Å². The summed E-state index contributed by atoms with van der Waals surface area (Å²) in [5.41, 5.74) is 0.362. The van der Waals surface area contributed by atoms with Gasteiger partial charge in [-0.15, -0.1) is 0 Å². The average molecular weight is 236 g/mol. The van der Waals surface area contributed by atoms with Crippen molar-refractivity contribution in [2.75, 3.05) is 26.2 Å². The van der Waals surface area contributed by atoms with Crippen molar-refractivity contribution in [3.63, 3.8) is 0 Å². The molecule has 3 fully saturated rings. The molecule has 96 valence electrons. The fourth-order valence-electron chi connectivity index (χ4n) is 3.25. The highest BCUT2D eigenvalue weighted by atomic mass is 16.2. The van der Waals surface area contributed by atoms with E-state index >= 15 is 0 Å². The summed E-state index contributed by atoms with van der Waals surface area (Å²) < 4.78 is 0. The number of nitrogens with zero attached hydrogens (tertiary/aromatic N) is 2. The van der Waals surface area contributed by atoms with Gasteiger partial charge in [0, 0.05) is 32.1 Å². The topological polar surface area (TPSA) is 23.6 Å². The smallest absolute Gasteiger partial charge is 0.223 e. The molecule has 17 heavy (non-hydrogen) atoms. The molecule has 0 aromatic rings. The number of piperazine rings is 1. The van der Waals surface area contributed by atoms with E-state index in [0.717, 1.165) is 26.1 Å². The van der Waals surface area contributed by atoms with Crippen LogP contribution in [0.2, 0.25) is 0 Å². The lowest BCUT2D eigenvalue weighted by Crippen LogP contribution is -2.56. The van der Waals surface area contributed by atoms with Gasteiger partial charge in [0.1, 0.15) is 0 Å². The van der Waals surface area contributed by atoms with Crippen LogP contribution in [-0.2, 0) is 4.79 Å². The van der Waals surface area contributed by atoms with E-state index in [1.807, 2.05) is 0 Å². The molecule has 0 aromatic carbocycles. The molecule has 0 bridgehead atoms. The van der Waals surface area contributed by atoms with Crippen LogP contribution < -0.4 is 0 Å². The monoisotopic (exact) mass is 236 g/mol. The van der Waals surface area contributed by atoms with Gasteiger partial charge in [0.05, 0.1) is 0 Å². The molecule has 0 radical (unpaired) electrons. The third-order valence-electron chi connectivity index (χ3n) is 4.87. The minimum Gasteiger partial charge on any atom is -0.340 e. The van der Waals surface area contributed by atoms with Gasteiger partial charge >= 0.3 is 0 Å². The standard InChI is InChI=1S/C14H24N2O/c1-14(5-6-14)10-13(17)16-9-8-15-7-3-2-4-12(15)11-16/h12H,2-11H2,1H3. The van der Waals surface area contributed by atoms with E-state index in [-0.39, 0.29) is 0 Å². The van der Waals surface area contributed by atoms with Gasteiger partial charge < -0.3 is 4.90 Å². The molecule has 1 atom stereocenters. The fraction of sp³-hybridized carbons (Fsp3) is 0.929. The molecule has 1 saturated carbocycles. The molecule has 2 aliphatic heterocycles. The van der Waals surface area contributed by atoms with E-state index in [4.69, 9.17) is 0 Å². The van der Waals surface area contributed by atoms with Crippen molar-refractivity contribution < 1.29 is 4.79 Å². The number of rotatable bonds is 2. The molecule has 3 rings (SSSR count). The van der Waals surface area contributed by atoms with Gasteiger partial charge in [-0.2, -0.15) is 0 Å². The van der Waals surface area contributed by atoms with E-state index in [2.05, 4.69) is 16.7 Å². The molecule has 3 aliphatic rings. The molecule has 0 N–H and O–H groups in total. The number of hydrogen-bond donors (Lipinski definition) is 0. The second kappa shape index (κ2) is 4.27. The summed E-state index contributed by atoms with van der Waals surface area (Å²) in [5, 5.41) is 0. The van der Waals surface area contributed by atoms with Crippen molar-refractivity contribution in [3.05, 3.63) is 0 Å². The SMILES string of the molecule is CC1(CC(=O)N2CCN3CCCCC3C2)CC1. The molecular formula is C14H24N2O. The van der Waals surface area contributed by atoms with Gasteiger partial charge in [0.25, 0.3) is 0 Å². The molecule has 0 spiro atoms. The van der Waals surface area contributed by atoms with E-state index in [1.165, 1.54) is 38.6 Å². The number of piperidine rings is 1. The molecule has 1 unspecified atom stereocenters. The maximum absolute atomic E-state index is 12.2. The van der Waals surface area contributed by atoms with Crippen molar-refractivity contribution in [1.29, 1.82) is 0 Å². The first-order valence-corrected chi connectivity index (χ1v) is 7.18. The normalized spacial score (nSPS) is 32.1. The Balaban J connectivity index is 1.56. The zero-order chi connectivity index (χ0) is 11.9. The quantitative estimate of drug-likeness (QED) is 0.731. The van der Waals surface area contributed by atoms with E-state index in [0.29, 0.717) is 17.4 Å². The van der Waals surface area contributed by atoms with Crippen LogP contribution in [0.3, 0.4) is 0 Å². The fourth-order valence-corrected chi connectivity index (χ4v) is 3.25. The highest BCUT2D eigenvalue weighted by Gasteiger charge is 2.41. The second-order valence-electron chi connectivity index (χ2n) is 6.51. The Bertz CT molecular complexity index is 311. The van der Waals surface area contributed by atoms with Crippen LogP contribution in [0.1, 0.15) is 45.4 Å². The molecule has 1 amide bonds. The number of carbonyl (C=O) groups is 1. The van der Waals surface area contributed by atoms with Gasteiger partial charge in [0.15, 0.2) is 0 Å². The summed E-state index contributed by atoms with van der Waals surface area (Å²) in [6.07, 6.45) is 7.29. The lowest BCUT2D eigenvalue weighted by molar-refractivity contribution is -0.135. The molecule has 1 aliphatic carbocycles. The predicted octanol–water partition coefficient (Wildman–Crippen LogP) is 1.87. The first-order chi connectivity index (χ1) is 8.16. The highest BCUT2D eigenvalue weighted by molar-refractivity contribution is 5.77. The molecule has 3 nitrogen and oxygen atoms in total. The summed E-state index contributed by atoms with van der Waals surface area (Å²) in [5.74, 6) is 0.412. The summed E-state index contributed by atoms with van der Waals surface area (Å²) in [6, 6.07) is 0.661. The number of hydrogen-bond acceptors (Lipinski definition) is 2. The van der Waals surface area contributed by atoms with Crippen LogP contribution in [0.25, 0.3) is 0 Å². The Morgan fingerprint density at radius 2 is 2.06 bits per heavy atom. The predicted molar refractivity (Wildman–Crippen MR) is 67.8 cm³/mol. The lowest BCUT2D eigenvalue weighted by atomic mass is 9.98. The number of fused-ring (bicyclic) bond motifs is 1. The van der Waals surface area contributed by atoms with E-state index in [1.54, 1.807) is 0 Å². The largest absolute Gasteiger partial charge is 0.340 e. The van der Waals surface area contributed by atoms with Crippen molar-refractivity contribution in [3.8, 4) is 0 Å². The summed E-state index contributed by atoms with van der Waals surface area (Å²) in [4.78, 5) is 17.0. The molecule has 0 aromatic heterocycles. The third kappa shape index (κ3) is 2.49. The summed E-state index contributed by atoms with van der Waals surface area (Å²) in [7, 11) is 0. The van der Waals surface area contributed by atoms with E-state index in [9.17, 15) is 4.79 Å². The van der Waals surface area contributed by atoms with Gasteiger partial charge in [-0.05, 0) is 37.6 Å². The van der Waals surface area contributed by atoms with Crippen molar-refractivity contribution in [1.82, 2.24) is 9.80 Å². The second-order valence-corrected chi connectivity index (χ2v) is 6.51. The summed E-state index contributed by atoms with van der Waals surface area (Å²) in [6.45, 7) is 6.57. The van der Waals surface area contributed by atoms with Crippen LogP contribution in [-0.4, -0.2) is 47.9 Å². The van der Waals surface area contributed by atoms with E-state index < -0.39 is 0 Å². The molecule has 2 saturated heterocycles. The van der Waals surface area contributed by atoms with Gasteiger partial charge in [-0.25, -0.2) is 0 Å². The summed E-state index contributed by atoms with van der Waals surface area (Å²) >= 11 is 0. The maximum Gasteiger partial charge on any atom is 0.223 e. The van der Waals surface area contributed by atoms with Gasteiger partial charge in [-0.3, -0.25) is 9.69 Å². The molecule has 2 heterocycles. The average Bonchev–Trinajstić information content (AvgIpc) is 3.06. The minimum atomic E-state index is 0.362. The van der Waals surface area contributed by atoms with Crippen molar-refractivity contribution in [2.24, 2.45) is 5.41 Å². The number of carbonyl (C=O) groups excluding carboxylic acids is 1. The van der Waals surface area contributed by atoms with Crippen LogP contribution >= 0.6 is 0 Å². The van der Waals surface area contributed by atoms with Crippen LogP contribution in [0.4, 0.5) is 0 Å². The zero-order valence-electron chi connectivity index (χ0n) is 11.0. The molecular weight excluding hydrogens is 212 g/mol. The van der Waals surface area contributed by atoms with Crippen LogP contribution in [0, 0.1) is 5.41 Å². The Hall–Kier alpha value is -0.570. The van der Waals surface area contributed by atoms with Crippen molar-refractivity contribution in [2.45, 2.75) is 51.5 Å². The van der Waals surface area contributed by atoms with Crippen LogP contribution in [0.5, 0.6) is 0 Å². The maximum atomic E-state index is 12.2. The lowest BCUT2D eigenvalue weighted by Gasteiger charge is -2.44. The Labute approximate surface area is 104 Å².